The van der Waals surface area contributed by atoms with Crippen LogP contribution in [0.4, 0.5) is 5.69 Å². The maximum absolute atomic E-state index is 11.5. The maximum atomic E-state index is 11.5. The van der Waals surface area contributed by atoms with Gasteiger partial charge in [0.05, 0.1) is 0 Å². The van der Waals surface area contributed by atoms with E-state index in [9.17, 15) is 4.79 Å². The van der Waals surface area contributed by atoms with Crippen LogP contribution in [-0.4, -0.2) is 5.78 Å². The van der Waals surface area contributed by atoms with E-state index in [0.717, 1.165) is 11.3 Å². The maximum Gasteiger partial charge on any atom is 0.159 e. The quantitative estimate of drug-likeness (QED) is 0.671. The monoisotopic (exact) mass is 267 g/mol. The smallest absolute Gasteiger partial charge is 0.159 e. The highest BCUT2D eigenvalue weighted by atomic mass is 16.1. The Hall–Kier alpha value is -2.59. The summed E-state index contributed by atoms with van der Waals surface area (Å²) in [7, 11) is 0. The summed E-state index contributed by atoms with van der Waals surface area (Å²) in [4.78, 5) is 11.5. The molecule has 0 saturated heterocycles. The third-order valence-electron chi connectivity index (χ3n) is 2.85. The SMILES string of the molecule is CC(=O)c1ccc(NC=C(C#N)C#N)c(C(C)(C)C)c1. The highest BCUT2D eigenvalue weighted by Crippen LogP contribution is 2.30. The zero-order chi connectivity index (χ0) is 15.3. The molecule has 1 N–H and O–H groups in total. The highest BCUT2D eigenvalue weighted by molar-refractivity contribution is 5.94. The fourth-order valence-corrected chi connectivity index (χ4v) is 1.75. The van der Waals surface area contributed by atoms with Crippen LogP contribution in [0, 0.1) is 22.7 Å². The number of nitrogens with zero attached hydrogens (tertiary/aromatic N) is 2. The van der Waals surface area contributed by atoms with Gasteiger partial charge in [-0.05, 0) is 36.1 Å². The zero-order valence-electron chi connectivity index (χ0n) is 12.1. The minimum absolute atomic E-state index is 0.000466. The minimum Gasteiger partial charge on any atom is -0.360 e. The van der Waals surface area contributed by atoms with E-state index in [1.54, 1.807) is 24.3 Å². The summed E-state index contributed by atoms with van der Waals surface area (Å²) >= 11 is 0. The third-order valence-corrected chi connectivity index (χ3v) is 2.85. The molecule has 4 heteroatoms. The molecule has 0 bridgehead atoms. The van der Waals surface area contributed by atoms with Crippen LogP contribution in [0.5, 0.6) is 0 Å². The lowest BCUT2D eigenvalue weighted by Gasteiger charge is -2.23. The first kappa shape index (κ1) is 15.5. The van der Waals surface area contributed by atoms with Gasteiger partial charge in [0.1, 0.15) is 17.7 Å². The van der Waals surface area contributed by atoms with Crippen molar-refractivity contribution >= 4 is 11.5 Å². The number of ketones is 1. The van der Waals surface area contributed by atoms with E-state index >= 15 is 0 Å². The molecule has 0 saturated carbocycles. The van der Waals surface area contributed by atoms with E-state index in [1.807, 2.05) is 26.8 Å². The van der Waals surface area contributed by atoms with Gasteiger partial charge in [0, 0.05) is 17.5 Å². The fourth-order valence-electron chi connectivity index (χ4n) is 1.75. The molecule has 0 aliphatic heterocycles. The van der Waals surface area contributed by atoms with Gasteiger partial charge in [0.15, 0.2) is 5.78 Å². The predicted molar refractivity (Wildman–Crippen MR) is 78.1 cm³/mol. The van der Waals surface area contributed by atoms with Crippen molar-refractivity contribution in [3.63, 3.8) is 0 Å². The first-order valence-electron chi connectivity index (χ1n) is 6.22. The molecule has 0 unspecified atom stereocenters. The first-order valence-corrected chi connectivity index (χ1v) is 6.22. The van der Waals surface area contributed by atoms with Crippen molar-refractivity contribution in [2.24, 2.45) is 0 Å². The number of hydrogen-bond acceptors (Lipinski definition) is 4. The van der Waals surface area contributed by atoms with Crippen molar-refractivity contribution in [1.82, 2.24) is 0 Å². The van der Waals surface area contributed by atoms with Crippen LogP contribution in [0.15, 0.2) is 30.0 Å². The summed E-state index contributed by atoms with van der Waals surface area (Å²) in [6.45, 7) is 7.64. The molecule has 0 heterocycles. The van der Waals surface area contributed by atoms with E-state index in [1.165, 1.54) is 13.1 Å². The van der Waals surface area contributed by atoms with Gasteiger partial charge >= 0.3 is 0 Å². The van der Waals surface area contributed by atoms with E-state index < -0.39 is 0 Å². The third kappa shape index (κ3) is 3.70. The average Bonchev–Trinajstić information content (AvgIpc) is 2.38. The van der Waals surface area contributed by atoms with E-state index in [-0.39, 0.29) is 16.8 Å². The lowest BCUT2D eigenvalue weighted by atomic mass is 9.84. The second kappa shape index (κ2) is 6.04. The summed E-state index contributed by atoms with van der Waals surface area (Å²) < 4.78 is 0. The van der Waals surface area contributed by atoms with Crippen molar-refractivity contribution in [2.45, 2.75) is 33.1 Å². The Bertz CT molecular complexity index is 621. The van der Waals surface area contributed by atoms with Crippen molar-refractivity contribution in [3.05, 3.63) is 41.1 Å². The fraction of sp³-hybridized carbons (Fsp3) is 0.312. The Labute approximate surface area is 119 Å². The van der Waals surface area contributed by atoms with E-state index in [4.69, 9.17) is 10.5 Å². The van der Waals surface area contributed by atoms with Crippen LogP contribution in [-0.2, 0) is 5.41 Å². The number of carbonyl (C=O) groups is 1. The molecular formula is C16H17N3O. The van der Waals surface area contributed by atoms with Gasteiger partial charge in [-0.2, -0.15) is 10.5 Å². The number of nitrogens with one attached hydrogen (secondary N) is 1. The molecule has 0 spiro atoms. The number of Topliss-reactive ketones (excluding diaryl/α,β-unsaturated/α-hetero) is 1. The second-order valence-corrected chi connectivity index (χ2v) is 5.49. The predicted octanol–water partition coefficient (Wildman–Crippen LogP) is 3.53. The summed E-state index contributed by atoms with van der Waals surface area (Å²) in [5, 5.41) is 20.4. The summed E-state index contributed by atoms with van der Waals surface area (Å²) in [6.07, 6.45) is 1.37. The number of allylic oxidation sites excluding steroid dienone is 1. The van der Waals surface area contributed by atoms with E-state index in [0.29, 0.717) is 5.56 Å². The Morgan fingerprint density at radius 1 is 1.25 bits per heavy atom. The molecule has 1 rings (SSSR count). The number of hydrogen-bond donors (Lipinski definition) is 1. The zero-order valence-corrected chi connectivity index (χ0v) is 12.1. The number of benzene rings is 1. The summed E-state index contributed by atoms with van der Waals surface area (Å²) in [5.41, 5.74) is 2.22. The molecule has 20 heavy (non-hydrogen) atoms. The van der Waals surface area contributed by atoms with E-state index in [2.05, 4.69) is 5.32 Å². The summed E-state index contributed by atoms with van der Waals surface area (Å²) in [6, 6.07) is 8.95. The summed E-state index contributed by atoms with van der Waals surface area (Å²) in [5.74, 6) is 0.00679. The second-order valence-electron chi connectivity index (χ2n) is 5.49. The Morgan fingerprint density at radius 2 is 1.85 bits per heavy atom. The van der Waals surface area contributed by atoms with Crippen LogP contribution < -0.4 is 5.32 Å². The molecule has 0 aromatic heterocycles. The highest BCUT2D eigenvalue weighted by Gasteiger charge is 2.19. The van der Waals surface area contributed by atoms with Gasteiger partial charge < -0.3 is 5.32 Å². The lowest BCUT2D eigenvalue weighted by molar-refractivity contribution is 0.101. The normalized spacial score (nSPS) is 10.1. The van der Waals surface area contributed by atoms with Crippen LogP contribution >= 0.6 is 0 Å². The molecule has 0 fully saturated rings. The molecule has 1 aromatic rings. The molecule has 0 amide bonds. The molecule has 1 aromatic carbocycles. The minimum atomic E-state index is -0.166. The van der Waals surface area contributed by atoms with Crippen molar-refractivity contribution in [1.29, 1.82) is 10.5 Å². The number of rotatable bonds is 3. The van der Waals surface area contributed by atoms with Gasteiger partial charge in [-0.1, -0.05) is 20.8 Å². The van der Waals surface area contributed by atoms with Gasteiger partial charge in [-0.3, -0.25) is 4.79 Å². The number of anilines is 1. The first-order chi connectivity index (χ1) is 9.29. The lowest BCUT2D eigenvalue weighted by Crippen LogP contribution is -2.14. The number of nitriles is 2. The Morgan fingerprint density at radius 3 is 2.30 bits per heavy atom. The van der Waals surface area contributed by atoms with Crippen LogP contribution in [0.1, 0.15) is 43.6 Å². The standard InChI is InChI=1S/C16H17N3O/c1-11(20)13-5-6-15(14(7-13)16(2,3)4)19-10-12(8-17)9-18/h5-7,10,19H,1-4H3. The van der Waals surface area contributed by atoms with Crippen LogP contribution in [0.2, 0.25) is 0 Å². The Balaban J connectivity index is 3.28. The van der Waals surface area contributed by atoms with Crippen LogP contribution in [0.25, 0.3) is 0 Å². The van der Waals surface area contributed by atoms with Gasteiger partial charge in [-0.15, -0.1) is 0 Å². The van der Waals surface area contributed by atoms with Crippen molar-refractivity contribution in [2.75, 3.05) is 5.32 Å². The average molecular weight is 267 g/mol. The van der Waals surface area contributed by atoms with Crippen molar-refractivity contribution < 1.29 is 4.79 Å². The van der Waals surface area contributed by atoms with Gasteiger partial charge in [0.25, 0.3) is 0 Å². The number of carbonyl (C=O) groups excluding carboxylic acids is 1. The molecule has 102 valence electrons. The van der Waals surface area contributed by atoms with Crippen LogP contribution in [0.3, 0.4) is 0 Å². The molecule has 0 atom stereocenters. The molecule has 4 nitrogen and oxygen atoms in total. The van der Waals surface area contributed by atoms with Gasteiger partial charge in [0.2, 0.25) is 0 Å². The van der Waals surface area contributed by atoms with Crippen molar-refractivity contribution in [3.8, 4) is 12.1 Å². The molecule has 0 radical (unpaired) electrons. The molecule has 0 aliphatic carbocycles. The van der Waals surface area contributed by atoms with Gasteiger partial charge in [-0.25, -0.2) is 0 Å². The largest absolute Gasteiger partial charge is 0.360 e. The topological polar surface area (TPSA) is 76.7 Å². The molecular weight excluding hydrogens is 250 g/mol. The molecule has 0 aliphatic rings. The Kier molecular flexibility index (Phi) is 4.67.